The summed E-state index contributed by atoms with van der Waals surface area (Å²) in [6, 6.07) is 0. The summed E-state index contributed by atoms with van der Waals surface area (Å²) in [6.45, 7) is 10.1. The monoisotopic (exact) mass is 228 g/mol. The average molecular weight is 228 g/mol. The second kappa shape index (κ2) is 7.66. The Morgan fingerprint density at radius 2 is 1.81 bits per heavy atom. The molecule has 0 rings (SSSR count). The molecule has 96 valence electrons. The Hall–Kier alpha value is -0.570. The van der Waals surface area contributed by atoms with Crippen molar-refractivity contribution in [2.75, 3.05) is 13.2 Å². The lowest BCUT2D eigenvalue weighted by Crippen LogP contribution is -2.31. The van der Waals surface area contributed by atoms with Crippen molar-refractivity contribution in [2.24, 2.45) is 17.1 Å². The minimum absolute atomic E-state index is 0.179. The maximum Gasteiger partial charge on any atom is 0.0963 e. The summed E-state index contributed by atoms with van der Waals surface area (Å²) in [4.78, 5) is 0. The first-order valence-electron chi connectivity index (χ1n) is 6.28. The van der Waals surface area contributed by atoms with E-state index >= 15 is 0 Å². The Morgan fingerprint density at radius 3 is 2.31 bits per heavy atom. The molecule has 0 saturated heterocycles. The number of ether oxygens (including phenoxy) is 1. The number of amidine groups is 1. The van der Waals surface area contributed by atoms with Crippen molar-refractivity contribution in [1.82, 2.24) is 0 Å². The van der Waals surface area contributed by atoms with Crippen LogP contribution in [-0.4, -0.2) is 19.0 Å². The molecule has 0 unspecified atom stereocenters. The highest BCUT2D eigenvalue weighted by Gasteiger charge is 2.20. The molecule has 0 bridgehead atoms. The van der Waals surface area contributed by atoms with E-state index in [4.69, 9.17) is 15.9 Å². The molecule has 0 aromatic rings. The van der Waals surface area contributed by atoms with Gasteiger partial charge in [-0.15, -0.1) is 0 Å². The third kappa shape index (κ3) is 7.69. The summed E-state index contributed by atoms with van der Waals surface area (Å²) < 4.78 is 5.55. The van der Waals surface area contributed by atoms with Crippen LogP contribution in [0.25, 0.3) is 0 Å². The van der Waals surface area contributed by atoms with E-state index in [2.05, 4.69) is 13.8 Å². The highest BCUT2D eigenvalue weighted by Crippen LogP contribution is 2.21. The van der Waals surface area contributed by atoms with Crippen molar-refractivity contribution in [3.05, 3.63) is 0 Å². The van der Waals surface area contributed by atoms with Crippen LogP contribution in [0.5, 0.6) is 0 Å². The predicted octanol–water partition coefficient (Wildman–Crippen LogP) is 3.18. The predicted molar refractivity (Wildman–Crippen MR) is 69.8 cm³/mol. The molecule has 3 heteroatoms. The van der Waals surface area contributed by atoms with E-state index < -0.39 is 0 Å². The largest absolute Gasteiger partial charge is 0.387 e. The Balaban J connectivity index is 3.37. The number of nitrogens with two attached hydrogens (primary N) is 1. The molecule has 0 heterocycles. The van der Waals surface area contributed by atoms with Crippen LogP contribution in [0.15, 0.2) is 0 Å². The standard InChI is InChI=1S/C13H28N2O/c1-11(2)7-5-9-16-10-6-8-13(3,4)12(14)15/h11H,5-10H2,1-4H3,(H3,14,15). The van der Waals surface area contributed by atoms with E-state index in [1.165, 1.54) is 6.42 Å². The SMILES string of the molecule is CC(C)CCCOCCCC(C)(C)C(=N)N. The first-order valence-corrected chi connectivity index (χ1v) is 6.28. The van der Waals surface area contributed by atoms with E-state index in [0.29, 0.717) is 0 Å². The Morgan fingerprint density at radius 1 is 1.25 bits per heavy atom. The zero-order valence-corrected chi connectivity index (χ0v) is 11.3. The summed E-state index contributed by atoms with van der Waals surface area (Å²) in [5.74, 6) is 1.03. The van der Waals surface area contributed by atoms with Crippen molar-refractivity contribution in [3.8, 4) is 0 Å². The first kappa shape index (κ1) is 15.4. The van der Waals surface area contributed by atoms with Crippen LogP contribution in [0, 0.1) is 16.7 Å². The van der Waals surface area contributed by atoms with Crippen LogP contribution in [-0.2, 0) is 4.74 Å². The zero-order chi connectivity index (χ0) is 12.6. The van der Waals surface area contributed by atoms with Gasteiger partial charge in [-0.25, -0.2) is 0 Å². The zero-order valence-electron chi connectivity index (χ0n) is 11.3. The first-order chi connectivity index (χ1) is 7.36. The van der Waals surface area contributed by atoms with Crippen LogP contribution >= 0.6 is 0 Å². The molecule has 0 saturated carbocycles. The van der Waals surface area contributed by atoms with Gasteiger partial charge in [0.1, 0.15) is 0 Å². The van der Waals surface area contributed by atoms with Gasteiger partial charge in [0.15, 0.2) is 0 Å². The van der Waals surface area contributed by atoms with Gasteiger partial charge in [0.2, 0.25) is 0 Å². The fourth-order valence-electron chi connectivity index (χ4n) is 1.45. The van der Waals surface area contributed by atoms with Crippen molar-refractivity contribution >= 4 is 5.84 Å². The summed E-state index contributed by atoms with van der Waals surface area (Å²) in [5, 5.41) is 7.43. The van der Waals surface area contributed by atoms with Gasteiger partial charge in [0.05, 0.1) is 5.84 Å². The second-order valence-electron chi connectivity index (χ2n) is 5.55. The van der Waals surface area contributed by atoms with Gasteiger partial charge < -0.3 is 10.5 Å². The molecule has 0 aliphatic heterocycles. The Kier molecular flexibility index (Phi) is 7.39. The van der Waals surface area contributed by atoms with Crippen LogP contribution in [0.4, 0.5) is 0 Å². The molecule has 16 heavy (non-hydrogen) atoms. The van der Waals surface area contributed by atoms with E-state index in [9.17, 15) is 0 Å². The Labute approximate surface area is 100 Å². The van der Waals surface area contributed by atoms with Crippen LogP contribution < -0.4 is 5.73 Å². The summed E-state index contributed by atoms with van der Waals surface area (Å²) in [7, 11) is 0. The molecule has 0 atom stereocenters. The molecule has 0 radical (unpaired) electrons. The third-order valence-electron chi connectivity index (χ3n) is 2.89. The lowest BCUT2D eigenvalue weighted by molar-refractivity contribution is 0.120. The normalized spacial score (nSPS) is 12.1. The van der Waals surface area contributed by atoms with Gasteiger partial charge in [-0.1, -0.05) is 27.7 Å². The molecule has 0 aliphatic carbocycles. The number of nitrogens with one attached hydrogen (secondary N) is 1. The lowest BCUT2D eigenvalue weighted by atomic mass is 9.87. The molecule has 3 N–H and O–H groups in total. The summed E-state index contributed by atoms with van der Waals surface area (Å²) >= 11 is 0. The van der Waals surface area contributed by atoms with Gasteiger partial charge >= 0.3 is 0 Å². The molecule has 0 aliphatic rings. The van der Waals surface area contributed by atoms with E-state index in [-0.39, 0.29) is 11.3 Å². The van der Waals surface area contributed by atoms with Crippen molar-refractivity contribution < 1.29 is 4.74 Å². The number of hydrogen-bond acceptors (Lipinski definition) is 2. The minimum atomic E-state index is -0.179. The molecule has 0 fully saturated rings. The molecule has 3 nitrogen and oxygen atoms in total. The van der Waals surface area contributed by atoms with Gasteiger partial charge in [-0.2, -0.15) is 0 Å². The van der Waals surface area contributed by atoms with Crippen LogP contribution in [0.2, 0.25) is 0 Å². The van der Waals surface area contributed by atoms with Crippen molar-refractivity contribution in [1.29, 1.82) is 5.41 Å². The summed E-state index contributed by atoms with van der Waals surface area (Å²) in [6.07, 6.45) is 4.29. The van der Waals surface area contributed by atoms with Gasteiger partial charge in [0, 0.05) is 18.6 Å². The minimum Gasteiger partial charge on any atom is -0.387 e. The van der Waals surface area contributed by atoms with Crippen LogP contribution in [0.3, 0.4) is 0 Å². The molecule has 0 aromatic carbocycles. The quantitative estimate of drug-likeness (QED) is 0.362. The molecule has 0 spiro atoms. The van der Waals surface area contributed by atoms with Gasteiger partial charge in [0.25, 0.3) is 0 Å². The van der Waals surface area contributed by atoms with Crippen LogP contribution in [0.1, 0.15) is 53.4 Å². The van der Waals surface area contributed by atoms with E-state index in [0.717, 1.165) is 38.4 Å². The number of hydrogen-bond donors (Lipinski definition) is 2. The lowest BCUT2D eigenvalue weighted by Gasteiger charge is -2.22. The maximum absolute atomic E-state index is 7.43. The summed E-state index contributed by atoms with van der Waals surface area (Å²) in [5.41, 5.74) is 5.33. The topological polar surface area (TPSA) is 59.1 Å². The second-order valence-corrected chi connectivity index (χ2v) is 5.55. The van der Waals surface area contributed by atoms with Gasteiger partial charge in [-0.3, -0.25) is 5.41 Å². The van der Waals surface area contributed by atoms with Gasteiger partial charge in [-0.05, 0) is 31.6 Å². The van der Waals surface area contributed by atoms with E-state index in [1.807, 2.05) is 13.8 Å². The molecule has 0 amide bonds. The highest BCUT2D eigenvalue weighted by molar-refractivity contribution is 5.82. The van der Waals surface area contributed by atoms with Crippen molar-refractivity contribution in [2.45, 2.75) is 53.4 Å². The maximum atomic E-state index is 7.43. The number of rotatable bonds is 9. The van der Waals surface area contributed by atoms with E-state index in [1.54, 1.807) is 0 Å². The molecular weight excluding hydrogens is 200 g/mol. The molecule has 0 aromatic heterocycles. The highest BCUT2D eigenvalue weighted by atomic mass is 16.5. The Bertz CT molecular complexity index is 200. The fourth-order valence-corrected chi connectivity index (χ4v) is 1.45. The molecular formula is C13H28N2O. The van der Waals surface area contributed by atoms with Crippen molar-refractivity contribution in [3.63, 3.8) is 0 Å². The third-order valence-corrected chi connectivity index (χ3v) is 2.89. The average Bonchev–Trinajstić information content (AvgIpc) is 2.15. The fraction of sp³-hybridized carbons (Fsp3) is 0.923. The smallest absolute Gasteiger partial charge is 0.0963 e.